The Balaban J connectivity index is 1.97. The van der Waals surface area contributed by atoms with E-state index >= 15 is 0 Å². The molecule has 2 nitrogen and oxygen atoms in total. The van der Waals surface area contributed by atoms with Crippen LogP contribution in [0, 0.1) is 0 Å². The van der Waals surface area contributed by atoms with Crippen LogP contribution in [0.4, 0.5) is 0 Å². The second-order valence-electron chi connectivity index (χ2n) is 4.51. The molecule has 1 aromatic heterocycles. The minimum absolute atomic E-state index is 0.735. The van der Waals surface area contributed by atoms with Crippen LogP contribution in [-0.4, -0.2) is 18.1 Å². The van der Waals surface area contributed by atoms with E-state index in [1.807, 2.05) is 12.4 Å². The molecule has 82 valence electrons. The van der Waals surface area contributed by atoms with Gasteiger partial charge in [-0.05, 0) is 48.9 Å². The molecular weight excluding hydrogens is 196 g/mol. The molecule has 0 atom stereocenters. The number of benzene rings is 1. The largest absolute Gasteiger partial charge is 0.317 e. The SMILES string of the molecule is c1cc2cc(C3CCNCC3)ccc2cn1. The van der Waals surface area contributed by atoms with E-state index in [0.29, 0.717) is 0 Å². The molecule has 1 N–H and O–H groups in total. The van der Waals surface area contributed by atoms with Gasteiger partial charge in [0, 0.05) is 17.8 Å². The van der Waals surface area contributed by atoms with Gasteiger partial charge in [-0.15, -0.1) is 0 Å². The number of nitrogens with one attached hydrogen (secondary N) is 1. The molecule has 2 heteroatoms. The van der Waals surface area contributed by atoms with Crippen molar-refractivity contribution in [3.05, 3.63) is 42.2 Å². The van der Waals surface area contributed by atoms with E-state index in [1.54, 1.807) is 0 Å². The first-order valence-corrected chi connectivity index (χ1v) is 5.98. The fourth-order valence-electron chi connectivity index (χ4n) is 2.51. The third kappa shape index (κ3) is 1.81. The van der Waals surface area contributed by atoms with Crippen LogP contribution in [0.25, 0.3) is 10.8 Å². The van der Waals surface area contributed by atoms with Gasteiger partial charge in [0.25, 0.3) is 0 Å². The normalized spacial score (nSPS) is 17.8. The number of hydrogen-bond donors (Lipinski definition) is 1. The molecule has 16 heavy (non-hydrogen) atoms. The molecule has 0 amide bonds. The highest BCUT2D eigenvalue weighted by Crippen LogP contribution is 2.27. The predicted octanol–water partition coefficient (Wildman–Crippen LogP) is 2.70. The summed E-state index contributed by atoms with van der Waals surface area (Å²) < 4.78 is 0. The van der Waals surface area contributed by atoms with Crippen molar-refractivity contribution < 1.29 is 0 Å². The Morgan fingerprint density at radius 2 is 1.94 bits per heavy atom. The molecule has 0 saturated carbocycles. The molecule has 2 aromatic rings. The first-order chi connectivity index (χ1) is 7.93. The van der Waals surface area contributed by atoms with E-state index in [9.17, 15) is 0 Å². The molecule has 1 aliphatic heterocycles. The molecule has 2 heterocycles. The summed E-state index contributed by atoms with van der Waals surface area (Å²) in [6.07, 6.45) is 6.32. The van der Waals surface area contributed by atoms with E-state index in [4.69, 9.17) is 0 Å². The maximum atomic E-state index is 4.15. The van der Waals surface area contributed by atoms with Crippen molar-refractivity contribution in [3.63, 3.8) is 0 Å². The standard InChI is InChI=1S/C14H16N2/c1-2-14-10-16-8-5-13(14)9-12(1)11-3-6-15-7-4-11/h1-2,5,8-11,15H,3-4,6-7H2. The Kier molecular flexibility index (Phi) is 2.58. The van der Waals surface area contributed by atoms with Gasteiger partial charge in [0.1, 0.15) is 0 Å². The van der Waals surface area contributed by atoms with Crippen LogP contribution in [0.1, 0.15) is 24.3 Å². The average molecular weight is 212 g/mol. The summed E-state index contributed by atoms with van der Waals surface area (Å²) in [5.74, 6) is 0.735. The van der Waals surface area contributed by atoms with E-state index in [-0.39, 0.29) is 0 Å². The Hall–Kier alpha value is -1.41. The highest BCUT2D eigenvalue weighted by atomic mass is 14.9. The topological polar surface area (TPSA) is 24.9 Å². The minimum atomic E-state index is 0.735. The van der Waals surface area contributed by atoms with Crippen LogP contribution in [0.3, 0.4) is 0 Å². The molecule has 0 unspecified atom stereocenters. The third-order valence-corrected chi connectivity index (χ3v) is 3.48. The summed E-state index contributed by atoms with van der Waals surface area (Å²) in [6, 6.07) is 8.88. The monoisotopic (exact) mass is 212 g/mol. The lowest BCUT2D eigenvalue weighted by Gasteiger charge is -2.23. The quantitative estimate of drug-likeness (QED) is 0.786. The van der Waals surface area contributed by atoms with Gasteiger partial charge in [0.05, 0.1) is 0 Å². The van der Waals surface area contributed by atoms with Crippen LogP contribution in [0.5, 0.6) is 0 Å². The van der Waals surface area contributed by atoms with Gasteiger partial charge >= 0.3 is 0 Å². The van der Waals surface area contributed by atoms with Gasteiger partial charge in [-0.3, -0.25) is 4.98 Å². The van der Waals surface area contributed by atoms with Gasteiger partial charge in [0.2, 0.25) is 0 Å². The summed E-state index contributed by atoms with van der Waals surface area (Å²) in [5, 5.41) is 5.96. The first-order valence-electron chi connectivity index (χ1n) is 5.98. The molecular formula is C14H16N2. The fraction of sp³-hybridized carbons (Fsp3) is 0.357. The van der Waals surface area contributed by atoms with Crippen molar-refractivity contribution in [1.29, 1.82) is 0 Å². The lowest BCUT2D eigenvalue weighted by molar-refractivity contribution is 0.460. The Bertz CT molecular complexity index is 487. The molecule has 0 radical (unpaired) electrons. The molecule has 1 fully saturated rings. The molecule has 1 aliphatic rings. The summed E-state index contributed by atoms with van der Waals surface area (Å²) in [5.41, 5.74) is 1.49. The molecule has 1 saturated heterocycles. The number of piperidine rings is 1. The lowest BCUT2D eigenvalue weighted by atomic mass is 9.89. The highest BCUT2D eigenvalue weighted by molar-refractivity contribution is 5.82. The summed E-state index contributed by atoms with van der Waals surface area (Å²) in [6.45, 7) is 2.30. The van der Waals surface area contributed by atoms with Crippen LogP contribution in [0.15, 0.2) is 36.7 Å². The third-order valence-electron chi connectivity index (χ3n) is 3.48. The van der Waals surface area contributed by atoms with Crippen LogP contribution in [-0.2, 0) is 0 Å². The number of fused-ring (bicyclic) bond motifs is 1. The number of aromatic nitrogens is 1. The van der Waals surface area contributed by atoms with Crippen molar-refractivity contribution in [2.45, 2.75) is 18.8 Å². The van der Waals surface area contributed by atoms with Gasteiger partial charge in [-0.25, -0.2) is 0 Å². The maximum Gasteiger partial charge on any atom is 0.0346 e. The first kappa shape index (κ1) is 9.79. The Morgan fingerprint density at radius 3 is 2.81 bits per heavy atom. The number of hydrogen-bond acceptors (Lipinski definition) is 2. The van der Waals surface area contributed by atoms with Gasteiger partial charge in [-0.2, -0.15) is 0 Å². The zero-order valence-corrected chi connectivity index (χ0v) is 9.32. The van der Waals surface area contributed by atoms with Crippen molar-refractivity contribution in [3.8, 4) is 0 Å². The highest BCUT2D eigenvalue weighted by Gasteiger charge is 2.14. The van der Waals surface area contributed by atoms with Crippen molar-refractivity contribution >= 4 is 10.8 Å². The second kappa shape index (κ2) is 4.22. The molecule has 3 rings (SSSR count). The summed E-state index contributed by atoms with van der Waals surface area (Å²) >= 11 is 0. The van der Waals surface area contributed by atoms with Crippen molar-refractivity contribution in [2.75, 3.05) is 13.1 Å². The molecule has 0 spiro atoms. The van der Waals surface area contributed by atoms with Crippen molar-refractivity contribution in [1.82, 2.24) is 10.3 Å². The smallest absolute Gasteiger partial charge is 0.0346 e. The van der Waals surface area contributed by atoms with E-state index in [0.717, 1.165) is 19.0 Å². The number of pyridine rings is 1. The van der Waals surface area contributed by atoms with Crippen molar-refractivity contribution in [2.24, 2.45) is 0 Å². The van der Waals surface area contributed by atoms with Gasteiger partial charge in [0.15, 0.2) is 0 Å². The number of nitrogens with zero attached hydrogens (tertiary/aromatic N) is 1. The van der Waals surface area contributed by atoms with Crippen LogP contribution in [0.2, 0.25) is 0 Å². The van der Waals surface area contributed by atoms with E-state index in [2.05, 4.69) is 34.6 Å². The zero-order valence-electron chi connectivity index (χ0n) is 9.32. The van der Waals surface area contributed by atoms with E-state index < -0.39 is 0 Å². The molecule has 1 aromatic carbocycles. The zero-order chi connectivity index (χ0) is 10.8. The number of rotatable bonds is 1. The Labute approximate surface area is 95.7 Å². The maximum absolute atomic E-state index is 4.15. The fourth-order valence-corrected chi connectivity index (χ4v) is 2.51. The molecule has 0 aliphatic carbocycles. The van der Waals surface area contributed by atoms with Gasteiger partial charge in [-0.1, -0.05) is 18.2 Å². The summed E-state index contributed by atoms with van der Waals surface area (Å²) in [7, 11) is 0. The molecule has 0 bridgehead atoms. The second-order valence-corrected chi connectivity index (χ2v) is 4.51. The van der Waals surface area contributed by atoms with E-state index in [1.165, 1.54) is 29.2 Å². The van der Waals surface area contributed by atoms with Crippen LogP contribution >= 0.6 is 0 Å². The van der Waals surface area contributed by atoms with Gasteiger partial charge < -0.3 is 5.32 Å². The predicted molar refractivity (Wildman–Crippen MR) is 66.6 cm³/mol. The summed E-state index contributed by atoms with van der Waals surface area (Å²) in [4.78, 5) is 4.15. The minimum Gasteiger partial charge on any atom is -0.317 e. The Morgan fingerprint density at radius 1 is 1.06 bits per heavy atom. The van der Waals surface area contributed by atoms with Crippen LogP contribution < -0.4 is 5.32 Å². The lowest BCUT2D eigenvalue weighted by Crippen LogP contribution is -2.26. The average Bonchev–Trinajstić information content (AvgIpc) is 2.39.